The van der Waals surface area contributed by atoms with Gasteiger partial charge in [0.15, 0.2) is 11.5 Å². The van der Waals surface area contributed by atoms with Crippen molar-refractivity contribution >= 4 is 0 Å². The highest BCUT2D eigenvalue weighted by Crippen LogP contribution is 2.34. The van der Waals surface area contributed by atoms with E-state index in [0.29, 0.717) is 6.79 Å². The van der Waals surface area contributed by atoms with Crippen molar-refractivity contribution in [1.82, 2.24) is 0 Å². The molecular formula is C12H15NO2. The van der Waals surface area contributed by atoms with Gasteiger partial charge in [-0.15, -0.1) is 6.58 Å². The van der Waals surface area contributed by atoms with Gasteiger partial charge in [0.2, 0.25) is 6.79 Å². The molecule has 0 spiro atoms. The number of fused-ring (bicyclic) bond motifs is 1. The van der Waals surface area contributed by atoms with Gasteiger partial charge in [-0.1, -0.05) is 11.6 Å². The van der Waals surface area contributed by atoms with Crippen molar-refractivity contribution < 1.29 is 9.47 Å². The lowest BCUT2D eigenvalue weighted by Gasteiger charge is -2.12. The molecule has 1 aromatic carbocycles. The third-order valence-electron chi connectivity index (χ3n) is 2.39. The maximum absolute atomic E-state index is 6.03. The quantitative estimate of drug-likeness (QED) is 0.770. The van der Waals surface area contributed by atoms with Gasteiger partial charge < -0.3 is 15.2 Å². The summed E-state index contributed by atoms with van der Waals surface area (Å²) in [6, 6.07) is 5.80. The molecule has 0 saturated heterocycles. The predicted octanol–water partition coefficient (Wildman–Crippen LogP) is 2.38. The summed E-state index contributed by atoms with van der Waals surface area (Å²) < 4.78 is 10.5. The van der Waals surface area contributed by atoms with Crippen LogP contribution in [0.25, 0.3) is 0 Å². The molecule has 80 valence electrons. The molecule has 0 unspecified atom stereocenters. The molecule has 0 bridgehead atoms. The Morgan fingerprint density at radius 2 is 2.20 bits per heavy atom. The molecule has 1 aliphatic heterocycles. The van der Waals surface area contributed by atoms with Gasteiger partial charge in [0.25, 0.3) is 0 Å². The van der Waals surface area contributed by atoms with Gasteiger partial charge in [0.05, 0.1) is 0 Å². The fraction of sp³-hybridized carbons (Fsp3) is 0.333. The monoisotopic (exact) mass is 205 g/mol. The predicted molar refractivity (Wildman–Crippen MR) is 58.9 cm³/mol. The topological polar surface area (TPSA) is 44.5 Å². The van der Waals surface area contributed by atoms with Gasteiger partial charge in [-0.3, -0.25) is 0 Å². The van der Waals surface area contributed by atoms with Gasteiger partial charge in [-0.25, -0.2) is 0 Å². The third-order valence-corrected chi connectivity index (χ3v) is 2.39. The van der Waals surface area contributed by atoms with E-state index >= 15 is 0 Å². The first-order valence-corrected chi connectivity index (χ1v) is 4.96. The van der Waals surface area contributed by atoms with Crippen LogP contribution >= 0.6 is 0 Å². The van der Waals surface area contributed by atoms with Crippen LogP contribution in [0.5, 0.6) is 11.5 Å². The van der Waals surface area contributed by atoms with Crippen molar-refractivity contribution in [1.29, 1.82) is 0 Å². The fourth-order valence-corrected chi connectivity index (χ4v) is 1.64. The largest absolute Gasteiger partial charge is 0.454 e. The van der Waals surface area contributed by atoms with Crippen molar-refractivity contribution in [2.75, 3.05) is 6.79 Å². The number of hydrogen-bond acceptors (Lipinski definition) is 3. The first-order chi connectivity index (χ1) is 7.16. The van der Waals surface area contributed by atoms with E-state index in [1.807, 2.05) is 25.1 Å². The Hall–Kier alpha value is -1.48. The van der Waals surface area contributed by atoms with Crippen LogP contribution in [0.3, 0.4) is 0 Å². The number of ether oxygens (including phenoxy) is 2. The number of hydrogen-bond donors (Lipinski definition) is 1. The molecule has 1 atom stereocenters. The minimum Gasteiger partial charge on any atom is -0.454 e. The van der Waals surface area contributed by atoms with Crippen LogP contribution in [-0.4, -0.2) is 6.79 Å². The Morgan fingerprint density at radius 1 is 1.47 bits per heavy atom. The average molecular weight is 205 g/mol. The summed E-state index contributed by atoms with van der Waals surface area (Å²) in [7, 11) is 0. The number of benzene rings is 1. The van der Waals surface area contributed by atoms with Crippen molar-refractivity contribution in [3.63, 3.8) is 0 Å². The van der Waals surface area contributed by atoms with Crippen LogP contribution in [0, 0.1) is 0 Å². The molecule has 0 aliphatic carbocycles. The number of nitrogens with two attached hydrogens (primary N) is 1. The average Bonchev–Trinajstić information content (AvgIpc) is 2.62. The number of rotatable bonds is 3. The second-order valence-corrected chi connectivity index (χ2v) is 3.88. The minimum atomic E-state index is -0.0167. The Kier molecular flexibility index (Phi) is 2.64. The summed E-state index contributed by atoms with van der Waals surface area (Å²) in [4.78, 5) is 0. The lowest BCUT2D eigenvalue weighted by Crippen LogP contribution is -2.10. The van der Waals surface area contributed by atoms with Gasteiger partial charge >= 0.3 is 0 Å². The zero-order valence-corrected chi connectivity index (χ0v) is 8.82. The van der Waals surface area contributed by atoms with Crippen LogP contribution in [0.4, 0.5) is 0 Å². The van der Waals surface area contributed by atoms with E-state index in [2.05, 4.69) is 6.58 Å². The van der Waals surface area contributed by atoms with E-state index in [0.717, 1.165) is 29.1 Å². The summed E-state index contributed by atoms with van der Waals surface area (Å²) in [5.74, 6) is 1.57. The zero-order valence-electron chi connectivity index (χ0n) is 8.82. The zero-order chi connectivity index (χ0) is 10.8. The van der Waals surface area contributed by atoms with Crippen LogP contribution < -0.4 is 15.2 Å². The van der Waals surface area contributed by atoms with Crippen LogP contribution in [0.2, 0.25) is 0 Å². The molecule has 3 heteroatoms. The first-order valence-electron chi connectivity index (χ1n) is 4.96. The van der Waals surface area contributed by atoms with E-state index in [4.69, 9.17) is 15.2 Å². The lowest BCUT2D eigenvalue weighted by atomic mass is 10.0. The van der Waals surface area contributed by atoms with Gasteiger partial charge in [0, 0.05) is 6.04 Å². The molecule has 15 heavy (non-hydrogen) atoms. The van der Waals surface area contributed by atoms with Crippen molar-refractivity contribution in [2.24, 2.45) is 5.73 Å². The fourth-order valence-electron chi connectivity index (χ4n) is 1.64. The minimum absolute atomic E-state index is 0.0167. The summed E-state index contributed by atoms with van der Waals surface area (Å²) in [6.45, 7) is 6.14. The highest BCUT2D eigenvalue weighted by Gasteiger charge is 2.15. The SMILES string of the molecule is C=C(C)C[C@H](N)c1ccc2c(c1)OCO2. The Labute approximate surface area is 89.5 Å². The molecule has 0 fully saturated rings. The lowest BCUT2D eigenvalue weighted by molar-refractivity contribution is 0.174. The Morgan fingerprint density at radius 3 is 2.93 bits per heavy atom. The first kappa shape index (κ1) is 10.1. The molecule has 0 radical (unpaired) electrons. The molecular weight excluding hydrogens is 190 g/mol. The van der Waals surface area contributed by atoms with Crippen LogP contribution in [0.15, 0.2) is 30.4 Å². The van der Waals surface area contributed by atoms with E-state index in [-0.39, 0.29) is 6.04 Å². The third kappa shape index (κ3) is 2.13. The molecule has 2 rings (SSSR count). The molecule has 0 saturated carbocycles. The molecule has 2 N–H and O–H groups in total. The van der Waals surface area contributed by atoms with Crippen molar-refractivity contribution in [3.8, 4) is 11.5 Å². The highest BCUT2D eigenvalue weighted by atomic mass is 16.7. The maximum atomic E-state index is 6.03. The molecule has 3 nitrogen and oxygen atoms in total. The molecule has 1 aromatic rings. The van der Waals surface area contributed by atoms with Gasteiger partial charge in [-0.2, -0.15) is 0 Å². The summed E-state index contributed by atoms with van der Waals surface area (Å²) in [6.07, 6.45) is 0.791. The summed E-state index contributed by atoms with van der Waals surface area (Å²) in [5, 5.41) is 0. The highest BCUT2D eigenvalue weighted by molar-refractivity contribution is 5.45. The van der Waals surface area contributed by atoms with E-state index in [9.17, 15) is 0 Å². The van der Waals surface area contributed by atoms with Gasteiger partial charge in [-0.05, 0) is 31.0 Å². The maximum Gasteiger partial charge on any atom is 0.231 e. The van der Waals surface area contributed by atoms with Crippen LogP contribution in [0.1, 0.15) is 24.9 Å². The smallest absolute Gasteiger partial charge is 0.231 e. The van der Waals surface area contributed by atoms with Gasteiger partial charge in [0.1, 0.15) is 0 Å². The molecule has 0 aromatic heterocycles. The van der Waals surface area contributed by atoms with E-state index < -0.39 is 0 Å². The summed E-state index contributed by atoms with van der Waals surface area (Å²) in [5.41, 5.74) is 8.17. The molecule has 1 aliphatic rings. The van der Waals surface area contributed by atoms with Crippen molar-refractivity contribution in [2.45, 2.75) is 19.4 Å². The molecule has 0 amide bonds. The second kappa shape index (κ2) is 3.95. The normalized spacial score (nSPS) is 15.1. The molecule has 1 heterocycles. The van der Waals surface area contributed by atoms with E-state index in [1.165, 1.54) is 0 Å². The van der Waals surface area contributed by atoms with Crippen LogP contribution in [-0.2, 0) is 0 Å². The second-order valence-electron chi connectivity index (χ2n) is 3.88. The Balaban J connectivity index is 2.19. The Bertz CT molecular complexity index is 387. The van der Waals surface area contributed by atoms with Crippen molar-refractivity contribution in [3.05, 3.63) is 35.9 Å². The summed E-state index contributed by atoms with van der Waals surface area (Å²) >= 11 is 0. The standard InChI is InChI=1S/C12H15NO2/c1-8(2)5-10(13)9-3-4-11-12(6-9)15-7-14-11/h3-4,6,10H,1,5,7,13H2,2H3/t10-/m0/s1. The van der Waals surface area contributed by atoms with E-state index in [1.54, 1.807) is 0 Å².